The van der Waals surface area contributed by atoms with Gasteiger partial charge < -0.3 is 9.80 Å². The van der Waals surface area contributed by atoms with Gasteiger partial charge in [-0.05, 0) is 17.9 Å². The van der Waals surface area contributed by atoms with E-state index in [-0.39, 0.29) is 23.8 Å². The zero-order valence-corrected chi connectivity index (χ0v) is 15.0. The predicted octanol–water partition coefficient (Wildman–Crippen LogP) is 1.99. The second-order valence-electron chi connectivity index (χ2n) is 6.54. The Morgan fingerprint density at radius 2 is 2.21 bits per heavy atom. The monoisotopic (exact) mass is 347 g/mol. The number of thiophene rings is 1. The number of rotatable bonds is 4. The van der Waals surface area contributed by atoms with E-state index in [0.717, 1.165) is 44.0 Å². The molecule has 2 fully saturated rings. The lowest BCUT2D eigenvalue weighted by Crippen LogP contribution is -2.40. The van der Waals surface area contributed by atoms with Crippen LogP contribution in [0.3, 0.4) is 0 Å². The summed E-state index contributed by atoms with van der Waals surface area (Å²) in [6.45, 7) is 8.04. The van der Waals surface area contributed by atoms with Crippen molar-refractivity contribution in [3.63, 3.8) is 0 Å². The Hall–Kier alpha value is -1.66. The lowest BCUT2D eigenvalue weighted by atomic mass is 9.97. The van der Waals surface area contributed by atoms with Crippen molar-refractivity contribution in [3.8, 4) is 0 Å². The van der Waals surface area contributed by atoms with Crippen molar-refractivity contribution < 1.29 is 9.59 Å². The van der Waals surface area contributed by atoms with E-state index in [9.17, 15) is 9.59 Å². The van der Waals surface area contributed by atoms with Crippen LogP contribution in [0.2, 0.25) is 0 Å². The van der Waals surface area contributed by atoms with Crippen molar-refractivity contribution in [2.75, 3.05) is 39.8 Å². The first-order chi connectivity index (χ1) is 11.6. The minimum absolute atomic E-state index is 0.0647. The molecular weight excluding hydrogens is 322 g/mol. The van der Waals surface area contributed by atoms with Crippen LogP contribution in [0.4, 0.5) is 0 Å². The van der Waals surface area contributed by atoms with Gasteiger partial charge in [0, 0.05) is 51.1 Å². The third-order valence-electron chi connectivity index (χ3n) is 5.03. The van der Waals surface area contributed by atoms with E-state index in [1.165, 1.54) is 0 Å². The molecule has 0 radical (unpaired) electrons. The lowest BCUT2D eigenvalue weighted by Gasteiger charge is -2.28. The maximum atomic E-state index is 13.1. The third kappa shape index (κ3) is 3.39. The first kappa shape index (κ1) is 17.2. The summed E-state index contributed by atoms with van der Waals surface area (Å²) in [6.07, 6.45) is 3.21. The van der Waals surface area contributed by atoms with Crippen molar-refractivity contribution >= 4 is 23.2 Å². The van der Waals surface area contributed by atoms with Gasteiger partial charge in [-0.25, -0.2) is 0 Å². The maximum absolute atomic E-state index is 13.1. The normalized spacial score (nSPS) is 25.8. The minimum Gasteiger partial charge on any atom is -0.341 e. The summed E-state index contributed by atoms with van der Waals surface area (Å²) in [7, 11) is 1.81. The summed E-state index contributed by atoms with van der Waals surface area (Å²) >= 11 is 1.62. The first-order valence-electron chi connectivity index (χ1n) is 8.53. The van der Waals surface area contributed by atoms with Crippen LogP contribution < -0.4 is 0 Å². The zero-order chi connectivity index (χ0) is 17.1. The second-order valence-corrected chi connectivity index (χ2v) is 7.52. The summed E-state index contributed by atoms with van der Waals surface area (Å²) in [5.74, 6) is -0.0616. The molecular formula is C18H25N3O2S. The molecule has 5 nitrogen and oxygen atoms in total. The molecule has 6 heteroatoms. The minimum atomic E-state index is -0.257. The van der Waals surface area contributed by atoms with Gasteiger partial charge in [0.05, 0.1) is 12.0 Å². The van der Waals surface area contributed by atoms with E-state index >= 15 is 0 Å². The molecule has 2 unspecified atom stereocenters. The fourth-order valence-electron chi connectivity index (χ4n) is 3.73. The molecule has 2 amide bonds. The van der Waals surface area contributed by atoms with Gasteiger partial charge in [-0.3, -0.25) is 14.5 Å². The highest BCUT2D eigenvalue weighted by Gasteiger charge is 2.44. The molecule has 130 valence electrons. The molecule has 0 aliphatic carbocycles. The molecule has 0 saturated carbocycles. The molecule has 2 atom stereocenters. The van der Waals surface area contributed by atoms with E-state index in [4.69, 9.17) is 0 Å². The predicted molar refractivity (Wildman–Crippen MR) is 95.8 cm³/mol. The highest BCUT2D eigenvalue weighted by molar-refractivity contribution is 7.10. The fraction of sp³-hybridized carbons (Fsp3) is 0.556. The lowest BCUT2D eigenvalue weighted by molar-refractivity contribution is -0.136. The van der Waals surface area contributed by atoms with Gasteiger partial charge in [-0.15, -0.1) is 17.9 Å². The van der Waals surface area contributed by atoms with Gasteiger partial charge in [0.1, 0.15) is 0 Å². The van der Waals surface area contributed by atoms with Gasteiger partial charge >= 0.3 is 0 Å². The highest BCUT2D eigenvalue weighted by Crippen LogP contribution is 2.40. The van der Waals surface area contributed by atoms with Crippen molar-refractivity contribution in [1.29, 1.82) is 0 Å². The Morgan fingerprint density at radius 1 is 1.38 bits per heavy atom. The Morgan fingerprint density at radius 3 is 2.92 bits per heavy atom. The van der Waals surface area contributed by atoms with E-state index in [1.54, 1.807) is 16.2 Å². The summed E-state index contributed by atoms with van der Waals surface area (Å²) < 4.78 is 0. The number of likely N-dealkylation sites (tertiary alicyclic amines) is 1. The molecule has 2 aliphatic rings. The number of carbonyl (C=O) groups excluding carboxylic acids is 2. The van der Waals surface area contributed by atoms with E-state index < -0.39 is 0 Å². The standard InChI is InChI=1S/C18H25N3O2S/c1-3-7-20-8-5-9-21(11-10-20)18(23)14-13-16(22)19(2)17(14)15-6-4-12-24-15/h3-4,6,12,14,17H,1,5,7-11,13H2,2H3. The largest absolute Gasteiger partial charge is 0.341 e. The van der Waals surface area contributed by atoms with Crippen LogP contribution >= 0.6 is 11.3 Å². The molecule has 1 aromatic rings. The van der Waals surface area contributed by atoms with Gasteiger partial charge in [0.25, 0.3) is 0 Å². The Balaban J connectivity index is 1.73. The summed E-state index contributed by atoms with van der Waals surface area (Å²) in [5, 5.41) is 2.01. The number of nitrogens with zero attached hydrogens (tertiary/aromatic N) is 3. The van der Waals surface area contributed by atoms with Crippen molar-refractivity contribution in [3.05, 3.63) is 35.0 Å². The number of carbonyl (C=O) groups is 2. The van der Waals surface area contributed by atoms with Crippen LogP contribution in [0.1, 0.15) is 23.8 Å². The van der Waals surface area contributed by atoms with Crippen LogP contribution in [0, 0.1) is 5.92 Å². The van der Waals surface area contributed by atoms with Crippen molar-refractivity contribution in [2.45, 2.75) is 18.9 Å². The van der Waals surface area contributed by atoms with Crippen LogP contribution in [0.25, 0.3) is 0 Å². The van der Waals surface area contributed by atoms with Crippen molar-refractivity contribution in [1.82, 2.24) is 14.7 Å². The number of hydrogen-bond acceptors (Lipinski definition) is 4. The first-order valence-corrected chi connectivity index (χ1v) is 9.41. The summed E-state index contributed by atoms with van der Waals surface area (Å²) in [4.78, 5) is 32.5. The molecule has 0 aromatic carbocycles. The molecule has 24 heavy (non-hydrogen) atoms. The van der Waals surface area contributed by atoms with Crippen LogP contribution in [-0.4, -0.2) is 66.3 Å². The molecule has 0 N–H and O–H groups in total. The smallest absolute Gasteiger partial charge is 0.228 e. The van der Waals surface area contributed by atoms with Gasteiger partial charge in [-0.1, -0.05) is 12.1 Å². The zero-order valence-electron chi connectivity index (χ0n) is 14.2. The molecule has 2 aliphatic heterocycles. The van der Waals surface area contributed by atoms with Gasteiger partial charge in [0.15, 0.2) is 0 Å². The Bertz CT molecular complexity index is 601. The summed E-state index contributed by atoms with van der Waals surface area (Å²) in [5.41, 5.74) is 0. The average Bonchev–Trinajstić information content (AvgIpc) is 3.11. The molecule has 2 saturated heterocycles. The molecule has 3 rings (SSSR count). The number of hydrogen-bond donors (Lipinski definition) is 0. The van der Waals surface area contributed by atoms with Gasteiger partial charge in [-0.2, -0.15) is 0 Å². The Labute approximate surface area is 147 Å². The third-order valence-corrected chi connectivity index (χ3v) is 5.97. The van der Waals surface area contributed by atoms with Crippen LogP contribution in [0.5, 0.6) is 0 Å². The molecule has 1 aromatic heterocycles. The molecule has 0 spiro atoms. The van der Waals surface area contributed by atoms with E-state index in [2.05, 4.69) is 11.5 Å². The van der Waals surface area contributed by atoms with E-state index in [1.807, 2.05) is 35.5 Å². The Kier molecular flexibility index (Phi) is 5.36. The average molecular weight is 347 g/mol. The molecule has 0 bridgehead atoms. The van der Waals surface area contributed by atoms with Crippen molar-refractivity contribution in [2.24, 2.45) is 5.92 Å². The quantitative estimate of drug-likeness (QED) is 0.783. The van der Waals surface area contributed by atoms with E-state index in [0.29, 0.717) is 6.42 Å². The van der Waals surface area contributed by atoms with Crippen LogP contribution in [-0.2, 0) is 9.59 Å². The number of amides is 2. The topological polar surface area (TPSA) is 43.9 Å². The van der Waals surface area contributed by atoms with Gasteiger partial charge in [0.2, 0.25) is 11.8 Å². The maximum Gasteiger partial charge on any atom is 0.228 e. The second kappa shape index (κ2) is 7.49. The molecule has 3 heterocycles. The SMILES string of the molecule is C=CCN1CCCN(C(=O)C2CC(=O)N(C)C2c2cccs2)CC1. The fourth-order valence-corrected chi connectivity index (χ4v) is 4.66. The highest BCUT2D eigenvalue weighted by atomic mass is 32.1. The summed E-state index contributed by atoms with van der Waals surface area (Å²) in [6, 6.07) is 3.90. The van der Waals surface area contributed by atoms with Crippen LogP contribution in [0.15, 0.2) is 30.2 Å².